The standard InChI is InChI=1S/C12H14F2N2O4/c1-15(6-5-11(17)20-2)10-4-3-8(16(18)19)7-9(10)12(13)14/h3-4,7,12H,5-6H2,1-2H3. The number of nitro groups is 1. The van der Waals surface area contributed by atoms with Gasteiger partial charge in [-0.15, -0.1) is 0 Å². The molecule has 0 aliphatic heterocycles. The molecule has 110 valence electrons. The Morgan fingerprint density at radius 2 is 2.15 bits per heavy atom. The van der Waals surface area contributed by atoms with Crippen LogP contribution in [0.15, 0.2) is 18.2 Å². The highest BCUT2D eigenvalue weighted by Crippen LogP contribution is 2.32. The number of halogens is 2. The quantitative estimate of drug-likeness (QED) is 0.457. The Hall–Kier alpha value is -2.25. The van der Waals surface area contributed by atoms with E-state index in [0.29, 0.717) is 0 Å². The van der Waals surface area contributed by atoms with Crippen LogP contribution in [0.3, 0.4) is 0 Å². The first-order valence-electron chi connectivity index (χ1n) is 5.71. The highest BCUT2D eigenvalue weighted by atomic mass is 19.3. The third-order valence-electron chi connectivity index (χ3n) is 2.75. The highest BCUT2D eigenvalue weighted by Gasteiger charge is 2.20. The molecule has 0 unspecified atom stereocenters. The van der Waals surface area contributed by atoms with Gasteiger partial charge in [-0.2, -0.15) is 0 Å². The maximum absolute atomic E-state index is 13.0. The zero-order valence-electron chi connectivity index (χ0n) is 11.0. The molecule has 0 saturated carbocycles. The number of hydrogen-bond donors (Lipinski definition) is 0. The second kappa shape index (κ2) is 6.78. The van der Waals surface area contributed by atoms with Gasteiger partial charge in [0.05, 0.1) is 18.5 Å². The molecule has 6 nitrogen and oxygen atoms in total. The van der Waals surface area contributed by atoms with Gasteiger partial charge in [0.25, 0.3) is 12.1 Å². The van der Waals surface area contributed by atoms with Gasteiger partial charge in [0.2, 0.25) is 0 Å². The molecule has 0 bridgehead atoms. The van der Waals surface area contributed by atoms with Crippen molar-refractivity contribution in [2.75, 3.05) is 25.6 Å². The van der Waals surface area contributed by atoms with Crippen molar-refractivity contribution in [1.29, 1.82) is 0 Å². The first kappa shape index (κ1) is 15.8. The number of methoxy groups -OCH3 is 1. The van der Waals surface area contributed by atoms with Gasteiger partial charge in [-0.1, -0.05) is 0 Å². The van der Waals surface area contributed by atoms with E-state index in [0.717, 1.165) is 12.1 Å². The van der Waals surface area contributed by atoms with Crippen molar-refractivity contribution in [3.63, 3.8) is 0 Å². The summed E-state index contributed by atoms with van der Waals surface area (Å²) in [6.07, 6.45) is -2.81. The van der Waals surface area contributed by atoms with Gasteiger partial charge in [0.1, 0.15) is 0 Å². The predicted octanol–water partition coefficient (Wildman–Crippen LogP) is 2.53. The third-order valence-corrected chi connectivity index (χ3v) is 2.75. The second-order valence-corrected chi connectivity index (χ2v) is 4.05. The molecule has 0 amide bonds. The summed E-state index contributed by atoms with van der Waals surface area (Å²) in [4.78, 5) is 22.3. The van der Waals surface area contributed by atoms with Crippen molar-refractivity contribution in [3.8, 4) is 0 Å². The lowest BCUT2D eigenvalue weighted by Crippen LogP contribution is -2.22. The van der Waals surface area contributed by atoms with Crippen LogP contribution in [-0.4, -0.2) is 31.6 Å². The number of hydrogen-bond acceptors (Lipinski definition) is 5. The van der Waals surface area contributed by atoms with Crippen LogP contribution in [0, 0.1) is 10.1 Å². The van der Waals surface area contributed by atoms with Gasteiger partial charge in [-0.3, -0.25) is 14.9 Å². The number of non-ortho nitro benzene ring substituents is 1. The van der Waals surface area contributed by atoms with E-state index >= 15 is 0 Å². The van der Waals surface area contributed by atoms with Crippen molar-refractivity contribution in [2.45, 2.75) is 12.8 Å². The number of rotatable bonds is 6. The van der Waals surface area contributed by atoms with Crippen LogP contribution in [-0.2, 0) is 9.53 Å². The number of carbonyl (C=O) groups excluding carboxylic acids is 1. The number of carbonyl (C=O) groups is 1. The van der Waals surface area contributed by atoms with Gasteiger partial charge in [-0.05, 0) is 6.07 Å². The molecule has 0 aromatic heterocycles. The van der Waals surface area contributed by atoms with Gasteiger partial charge in [-0.25, -0.2) is 8.78 Å². The van der Waals surface area contributed by atoms with Crippen LogP contribution in [0.4, 0.5) is 20.2 Å². The summed E-state index contributed by atoms with van der Waals surface area (Å²) in [5.74, 6) is -0.461. The van der Waals surface area contributed by atoms with Crippen LogP contribution >= 0.6 is 0 Å². The smallest absolute Gasteiger partial charge is 0.307 e. The fourth-order valence-electron chi connectivity index (χ4n) is 1.66. The lowest BCUT2D eigenvalue weighted by atomic mass is 10.1. The zero-order valence-corrected chi connectivity index (χ0v) is 11.0. The lowest BCUT2D eigenvalue weighted by Gasteiger charge is -2.21. The molecule has 0 heterocycles. The van der Waals surface area contributed by atoms with Gasteiger partial charge in [0.15, 0.2) is 0 Å². The van der Waals surface area contributed by atoms with E-state index in [4.69, 9.17) is 0 Å². The first-order chi connectivity index (χ1) is 9.36. The molecule has 0 spiro atoms. The maximum Gasteiger partial charge on any atom is 0.307 e. The number of ether oxygens (including phenoxy) is 1. The lowest BCUT2D eigenvalue weighted by molar-refractivity contribution is -0.385. The maximum atomic E-state index is 13.0. The monoisotopic (exact) mass is 288 g/mol. The Bertz CT molecular complexity index is 508. The van der Waals surface area contributed by atoms with Crippen LogP contribution < -0.4 is 4.90 Å². The number of nitro benzene ring substituents is 1. The average Bonchev–Trinajstić information content (AvgIpc) is 2.43. The fraction of sp³-hybridized carbons (Fsp3) is 0.417. The molecule has 1 rings (SSSR count). The second-order valence-electron chi connectivity index (χ2n) is 4.05. The minimum absolute atomic E-state index is 0.0344. The Morgan fingerprint density at radius 1 is 1.50 bits per heavy atom. The van der Waals surface area contributed by atoms with Crippen molar-refractivity contribution in [1.82, 2.24) is 0 Å². The number of nitrogens with zero attached hydrogens (tertiary/aromatic N) is 2. The highest BCUT2D eigenvalue weighted by molar-refractivity contribution is 5.70. The van der Waals surface area contributed by atoms with Gasteiger partial charge < -0.3 is 9.64 Å². The molecule has 0 N–H and O–H groups in total. The van der Waals surface area contributed by atoms with Crippen LogP contribution in [0.1, 0.15) is 18.4 Å². The molecule has 0 radical (unpaired) electrons. The summed E-state index contributed by atoms with van der Waals surface area (Å²) >= 11 is 0. The molecule has 0 fully saturated rings. The van der Waals surface area contributed by atoms with Crippen molar-refractivity contribution < 1.29 is 23.2 Å². The van der Waals surface area contributed by atoms with Gasteiger partial charge in [0, 0.05) is 37.0 Å². The van der Waals surface area contributed by atoms with E-state index < -0.39 is 28.6 Å². The van der Waals surface area contributed by atoms with E-state index in [1.54, 1.807) is 0 Å². The van der Waals surface area contributed by atoms with Crippen LogP contribution in [0.5, 0.6) is 0 Å². The topological polar surface area (TPSA) is 72.7 Å². The van der Waals surface area contributed by atoms with E-state index in [2.05, 4.69) is 4.74 Å². The van der Waals surface area contributed by atoms with E-state index in [-0.39, 0.29) is 18.7 Å². The first-order valence-corrected chi connectivity index (χ1v) is 5.71. The SMILES string of the molecule is COC(=O)CCN(C)c1ccc([N+](=O)[O-])cc1C(F)F. The minimum atomic E-state index is -2.84. The molecule has 20 heavy (non-hydrogen) atoms. The Kier molecular flexibility index (Phi) is 5.36. The number of alkyl halides is 2. The molecular weight excluding hydrogens is 274 g/mol. The number of benzene rings is 1. The molecule has 0 aliphatic rings. The third kappa shape index (κ3) is 3.87. The van der Waals surface area contributed by atoms with E-state index in [9.17, 15) is 23.7 Å². The average molecular weight is 288 g/mol. The summed E-state index contributed by atoms with van der Waals surface area (Å²) in [7, 11) is 2.76. The summed E-state index contributed by atoms with van der Waals surface area (Å²) in [6, 6.07) is 3.24. The molecule has 1 aromatic carbocycles. The molecule has 1 aromatic rings. The van der Waals surface area contributed by atoms with E-state index in [1.165, 1.54) is 25.1 Å². The van der Waals surface area contributed by atoms with Crippen LogP contribution in [0.2, 0.25) is 0 Å². The fourth-order valence-corrected chi connectivity index (χ4v) is 1.66. The minimum Gasteiger partial charge on any atom is -0.469 e. The zero-order chi connectivity index (χ0) is 15.3. The molecular formula is C12H14F2N2O4. The van der Waals surface area contributed by atoms with Crippen molar-refractivity contribution >= 4 is 17.3 Å². The van der Waals surface area contributed by atoms with Crippen LogP contribution in [0.25, 0.3) is 0 Å². The summed E-state index contributed by atoms with van der Waals surface area (Å²) in [5.41, 5.74) is -0.688. The Balaban J connectivity index is 2.98. The Morgan fingerprint density at radius 3 is 2.65 bits per heavy atom. The molecule has 0 atom stereocenters. The number of esters is 1. The molecule has 8 heteroatoms. The summed E-state index contributed by atoms with van der Waals surface area (Å²) in [5, 5.41) is 10.6. The van der Waals surface area contributed by atoms with Gasteiger partial charge >= 0.3 is 5.97 Å². The van der Waals surface area contributed by atoms with E-state index in [1.807, 2.05) is 0 Å². The Labute approximate surface area is 114 Å². The number of anilines is 1. The molecule has 0 saturated heterocycles. The predicted molar refractivity (Wildman–Crippen MR) is 68.0 cm³/mol. The largest absolute Gasteiger partial charge is 0.469 e. The summed E-state index contributed by atoms with van der Waals surface area (Å²) in [6.45, 7) is 0.171. The normalized spacial score (nSPS) is 10.4. The van der Waals surface area contributed by atoms with Crippen molar-refractivity contribution in [3.05, 3.63) is 33.9 Å². The van der Waals surface area contributed by atoms with Crippen molar-refractivity contribution in [2.24, 2.45) is 0 Å². The molecule has 0 aliphatic carbocycles. The summed E-state index contributed by atoms with van der Waals surface area (Å²) < 4.78 is 30.4.